The van der Waals surface area contributed by atoms with Crippen LogP contribution in [0.2, 0.25) is 0 Å². The second-order valence-electron chi connectivity index (χ2n) is 20.0. The van der Waals surface area contributed by atoms with Gasteiger partial charge in [0.15, 0.2) is 11.5 Å². The molecule has 0 saturated carbocycles. The Hall–Kier alpha value is -5.10. The van der Waals surface area contributed by atoms with Crippen molar-refractivity contribution in [2.45, 2.75) is 113 Å². The Kier molecular flexibility index (Phi) is 8.19. The Labute approximate surface area is 340 Å². The van der Waals surface area contributed by atoms with Crippen LogP contribution in [0.25, 0.3) is 11.0 Å². The topological polar surface area (TPSA) is 38.1 Å². The van der Waals surface area contributed by atoms with E-state index >= 15 is 0 Å². The Morgan fingerprint density at radius 1 is 0.544 bits per heavy atom. The van der Waals surface area contributed by atoms with Gasteiger partial charge in [-0.25, -0.2) is 0 Å². The minimum Gasteiger partial charge on any atom is -0.486 e. The summed E-state index contributed by atoms with van der Waals surface area (Å²) < 4.78 is 19.8. The molecule has 0 bridgehead atoms. The molecule has 1 aromatic heterocycles. The smallest absolute Gasteiger partial charge is 0.257 e. The van der Waals surface area contributed by atoms with Gasteiger partial charge in [0.05, 0.1) is 11.4 Å². The molecule has 0 spiro atoms. The van der Waals surface area contributed by atoms with Gasteiger partial charge < -0.3 is 18.8 Å². The van der Waals surface area contributed by atoms with Gasteiger partial charge in [-0.1, -0.05) is 92.6 Å². The van der Waals surface area contributed by atoms with Gasteiger partial charge in [-0.2, -0.15) is 0 Å². The van der Waals surface area contributed by atoms with Crippen LogP contribution in [0, 0.1) is 34.6 Å². The number of nitrogens with zero attached hydrogens (tertiary/aromatic N) is 2. The van der Waals surface area contributed by atoms with Gasteiger partial charge in [0.1, 0.15) is 18.8 Å². The second-order valence-corrected chi connectivity index (χ2v) is 20.0. The van der Waals surface area contributed by atoms with Gasteiger partial charge in [0.2, 0.25) is 5.88 Å². The van der Waals surface area contributed by atoms with Crippen molar-refractivity contribution in [2.24, 2.45) is 0 Å². The van der Waals surface area contributed by atoms with E-state index in [1.54, 1.807) is 0 Å². The first-order valence-corrected chi connectivity index (χ1v) is 20.7. The number of anilines is 6. The molecule has 0 atom stereocenters. The largest absolute Gasteiger partial charge is 0.486 e. The van der Waals surface area contributed by atoms with Gasteiger partial charge in [-0.15, -0.1) is 0 Å². The summed E-state index contributed by atoms with van der Waals surface area (Å²) in [7, 11) is 0. The van der Waals surface area contributed by atoms with Crippen molar-refractivity contribution in [1.29, 1.82) is 0 Å². The third kappa shape index (κ3) is 5.72. The number of hydrogen-bond donors (Lipinski definition) is 0. The van der Waals surface area contributed by atoms with E-state index in [1.807, 2.05) is 0 Å². The first-order chi connectivity index (χ1) is 26.7. The zero-order valence-electron chi connectivity index (χ0n) is 36.5. The molecule has 0 radical (unpaired) electrons. The van der Waals surface area contributed by atoms with Gasteiger partial charge >= 0.3 is 0 Å². The Morgan fingerprint density at radius 2 is 1.12 bits per heavy atom. The molecule has 5 nitrogen and oxygen atoms in total. The number of hydrogen-bond acceptors (Lipinski definition) is 5. The van der Waals surface area contributed by atoms with E-state index in [1.165, 1.54) is 72.2 Å². The van der Waals surface area contributed by atoms with Crippen LogP contribution >= 0.6 is 0 Å². The van der Waals surface area contributed by atoms with Crippen LogP contribution in [-0.4, -0.2) is 19.9 Å². The SMILES string of the molecule is Cc1cc2c3c(c1)N(c1c(C)cc(C(C)(C)C)cc1C)c1oc4ccc(C(C)(C)C)cc4c1B3c1cc(C(C)(C)C)ccc1N2c1c(C)cc2c(c1C)OCCO2. The van der Waals surface area contributed by atoms with E-state index in [0.717, 1.165) is 45.5 Å². The maximum absolute atomic E-state index is 7.23. The molecule has 0 amide bonds. The van der Waals surface area contributed by atoms with Crippen molar-refractivity contribution >= 4 is 68.4 Å². The van der Waals surface area contributed by atoms with Crippen LogP contribution in [0.15, 0.2) is 71.1 Å². The summed E-state index contributed by atoms with van der Waals surface area (Å²) in [5.41, 5.74) is 20.4. The zero-order chi connectivity index (χ0) is 40.7. The molecule has 3 aliphatic heterocycles. The molecule has 5 aromatic carbocycles. The summed E-state index contributed by atoms with van der Waals surface area (Å²) in [5.74, 6) is 2.57. The Balaban J connectivity index is 1.44. The standard InChI is InChI=1S/C51H57BN2O3/c1-28-21-39-44-40(22-28)54(45-29(2)23-35(24-30(45)3)51(12,13)14)48-43(36-26-33(49(6,7)8)16-18-41(36)57-48)52(44)37-27-34(50(9,10)11)15-17-38(37)53(39)46-31(4)25-42-47(32(46)5)56-20-19-55-42/h15-18,21-27H,19-20H2,1-14H3. The Morgan fingerprint density at radius 3 is 1.77 bits per heavy atom. The zero-order valence-corrected chi connectivity index (χ0v) is 36.5. The third-order valence-corrected chi connectivity index (χ3v) is 12.6. The third-order valence-electron chi connectivity index (χ3n) is 12.6. The fraction of sp³-hybridized carbons (Fsp3) is 0.373. The molecule has 292 valence electrons. The quantitative estimate of drug-likeness (QED) is 0.164. The lowest BCUT2D eigenvalue weighted by Crippen LogP contribution is -2.61. The van der Waals surface area contributed by atoms with Crippen molar-refractivity contribution in [3.05, 3.63) is 111 Å². The van der Waals surface area contributed by atoms with E-state index < -0.39 is 0 Å². The van der Waals surface area contributed by atoms with Crippen LogP contribution in [0.5, 0.6) is 11.5 Å². The summed E-state index contributed by atoms with van der Waals surface area (Å²) in [4.78, 5) is 4.99. The van der Waals surface area contributed by atoms with Crippen LogP contribution in [0.4, 0.5) is 34.3 Å². The number of benzene rings is 5. The van der Waals surface area contributed by atoms with Crippen LogP contribution < -0.4 is 35.7 Å². The first kappa shape index (κ1) is 37.5. The monoisotopic (exact) mass is 756 g/mol. The van der Waals surface area contributed by atoms with Crippen molar-refractivity contribution < 1.29 is 13.9 Å². The molecule has 6 heteroatoms. The van der Waals surface area contributed by atoms with Gasteiger partial charge in [0.25, 0.3) is 6.71 Å². The summed E-state index contributed by atoms with van der Waals surface area (Å²) in [5, 5.41) is 1.18. The summed E-state index contributed by atoms with van der Waals surface area (Å²) >= 11 is 0. The van der Waals surface area contributed by atoms with E-state index in [4.69, 9.17) is 13.9 Å². The van der Waals surface area contributed by atoms with Crippen molar-refractivity contribution in [3.8, 4) is 11.5 Å². The number of rotatable bonds is 2. The number of furan rings is 1. The fourth-order valence-electron chi connectivity index (χ4n) is 9.64. The molecule has 0 saturated heterocycles. The number of ether oxygens (including phenoxy) is 2. The molecular weight excluding hydrogens is 699 g/mol. The lowest BCUT2D eigenvalue weighted by molar-refractivity contribution is 0.170. The molecule has 4 heterocycles. The maximum atomic E-state index is 7.23. The summed E-state index contributed by atoms with van der Waals surface area (Å²) in [6.45, 7) is 32.9. The Bertz CT molecular complexity index is 2640. The van der Waals surface area contributed by atoms with E-state index in [-0.39, 0.29) is 23.0 Å². The summed E-state index contributed by atoms with van der Waals surface area (Å²) in [6, 6.07) is 25.8. The molecule has 0 fully saturated rings. The minimum atomic E-state index is -0.0702. The predicted octanol–water partition coefficient (Wildman–Crippen LogP) is 11.7. The summed E-state index contributed by atoms with van der Waals surface area (Å²) in [6.07, 6.45) is 0. The van der Waals surface area contributed by atoms with Crippen LogP contribution in [0.1, 0.15) is 107 Å². The van der Waals surface area contributed by atoms with E-state index in [0.29, 0.717) is 13.2 Å². The van der Waals surface area contributed by atoms with Crippen molar-refractivity contribution in [2.75, 3.05) is 23.0 Å². The van der Waals surface area contributed by atoms with E-state index in [2.05, 4.69) is 173 Å². The highest BCUT2D eigenvalue weighted by molar-refractivity contribution is 7.01. The molecule has 9 rings (SSSR count). The average molecular weight is 757 g/mol. The lowest BCUT2D eigenvalue weighted by Gasteiger charge is -2.44. The highest BCUT2D eigenvalue weighted by atomic mass is 16.6. The predicted molar refractivity (Wildman–Crippen MR) is 241 cm³/mol. The van der Waals surface area contributed by atoms with Crippen molar-refractivity contribution in [1.82, 2.24) is 0 Å². The molecule has 57 heavy (non-hydrogen) atoms. The average Bonchev–Trinajstić information content (AvgIpc) is 3.50. The van der Waals surface area contributed by atoms with Gasteiger partial charge in [-0.05, 0) is 137 Å². The highest BCUT2D eigenvalue weighted by Gasteiger charge is 2.48. The first-order valence-electron chi connectivity index (χ1n) is 20.7. The molecule has 6 aromatic rings. The lowest BCUT2D eigenvalue weighted by atomic mass is 9.33. The molecule has 0 aliphatic carbocycles. The molecule has 0 unspecified atom stereocenters. The number of fused-ring (bicyclic) bond motifs is 7. The molecule has 3 aliphatic rings. The second kappa shape index (κ2) is 12.5. The van der Waals surface area contributed by atoms with E-state index in [9.17, 15) is 0 Å². The minimum absolute atomic E-state index is 0.0196. The van der Waals surface area contributed by atoms with Crippen LogP contribution in [-0.2, 0) is 16.2 Å². The maximum Gasteiger partial charge on any atom is 0.257 e. The van der Waals surface area contributed by atoms with Crippen molar-refractivity contribution in [3.63, 3.8) is 0 Å². The highest BCUT2D eigenvalue weighted by Crippen LogP contribution is 2.51. The normalized spacial score (nSPS) is 14.9. The fourth-order valence-corrected chi connectivity index (χ4v) is 9.64. The van der Waals surface area contributed by atoms with Gasteiger partial charge in [-0.3, -0.25) is 4.90 Å². The molecule has 0 N–H and O–H groups in total. The number of aryl methyl sites for hydroxylation is 4. The van der Waals surface area contributed by atoms with Crippen LogP contribution in [0.3, 0.4) is 0 Å². The molecular formula is C51H57BN2O3. The van der Waals surface area contributed by atoms with Gasteiger partial charge in [0, 0.05) is 33.5 Å².